The monoisotopic (exact) mass is 358 g/mol. The van der Waals surface area contributed by atoms with Gasteiger partial charge in [-0.05, 0) is 36.4 Å². The van der Waals surface area contributed by atoms with Crippen molar-refractivity contribution in [1.82, 2.24) is 5.43 Å². The molecule has 120 valence electrons. The Bertz CT molecular complexity index is 889. The SMILES string of the molecule is O=C(N/N=C\c1ccc(-c2cccc(Cl)c2Cl)o1)c1ccccc1. The average molecular weight is 359 g/mol. The van der Waals surface area contributed by atoms with Gasteiger partial charge in [0.25, 0.3) is 5.91 Å². The van der Waals surface area contributed by atoms with Gasteiger partial charge in [-0.25, -0.2) is 5.43 Å². The molecular formula is C18H12Cl2N2O2. The molecule has 3 aromatic rings. The van der Waals surface area contributed by atoms with Crippen molar-refractivity contribution in [1.29, 1.82) is 0 Å². The lowest BCUT2D eigenvalue weighted by Crippen LogP contribution is -2.17. The second-order valence-corrected chi connectivity index (χ2v) is 5.65. The predicted octanol–water partition coefficient (Wildman–Crippen LogP) is 5.02. The number of carbonyl (C=O) groups excluding carboxylic acids is 1. The van der Waals surface area contributed by atoms with Crippen LogP contribution in [0.1, 0.15) is 16.1 Å². The number of rotatable bonds is 4. The van der Waals surface area contributed by atoms with E-state index in [1.165, 1.54) is 6.21 Å². The molecule has 0 aliphatic rings. The fourth-order valence-corrected chi connectivity index (χ4v) is 2.46. The van der Waals surface area contributed by atoms with Crippen molar-refractivity contribution in [3.05, 3.63) is 82.0 Å². The Balaban J connectivity index is 1.70. The molecule has 0 fully saturated rings. The molecule has 0 atom stereocenters. The largest absolute Gasteiger partial charge is 0.455 e. The lowest BCUT2D eigenvalue weighted by molar-refractivity contribution is 0.0955. The minimum Gasteiger partial charge on any atom is -0.455 e. The summed E-state index contributed by atoms with van der Waals surface area (Å²) in [5.74, 6) is 0.754. The Morgan fingerprint density at radius 3 is 2.58 bits per heavy atom. The van der Waals surface area contributed by atoms with Gasteiger partial charge in [0.15, 0.2) is 0 Å². The summed E-state index contributed by atoms with van der Waals surface area (Å²) in [5, 5.41) is 4.77. The van der Waals surface area contributed by atoms with Gasteiger partial charge < -0.3 is 4.42 Å². The summed E-state index contributed by atoms with van der Waals surface area (Å²) < 4.78 is 5.65. The summed E-state index contributed by atoms with van der Waals surface area (Å²) in [7, 11) is 0. The average Bonchev–Trinajstić information content (AvgIpc) is 3.06. The highest BCUT2D eigenvalue weighted by Gasteiger charge is 2.10. The van der Waals surface area contributed by atoms with E-state index in [0.29, 0.717) is 32.7 Å². The molecule has 1 heterocycles. The van der Waals surface area contributed by atoms with Crippen LogP contribution in [-0.4, -0.2) is 12.1 Å². The van der Waals surface area contributed by atoms with Gasteiger partial charge >= 0.3 is 0 Å². The Labute approximate surface area is 148 Å². The number of hydrogen-bond acceptors (Lipinski definition) is 3. The second kappa shape index (κ2) is 7.34. The molecule has 1 amide bonds. The zero-order valence-electron chi connectivity index (χ0n) is 12.4. The van der Waals surface area contributed by atoms with E-state index in [9.17, 15) is 4.79 Å². The number of halogens is 2. The lowest BCUT2D eigenvalue weighted by atomic mass is 10.2. The summed E-state index contributed by atoms with van der Waals surface area (Å²) in [6, 6.07) is 17.6. The van der Waals surface area contributed by atoms with Gasteiger partial charge in [-0.1, -0.05) is 47.5 Å². The Hall–Kier alpha value is -2.56. The van der Waals surface area contributed by atoms with Gasteiger partial charge in [0.05, 0.1) is 16.3 Å². The van der Waals surface area contributed by atoms with Crippen LogP contribution in [0.4, 0.5) is 0 Å². The summed E-state index contributed by atoms with van der Waals surface area (Å²) in [5.41, 5.74) is 3.66. The van der Waals surface area contributed by atoms with Gasteiger partial charge in [-0.2, -0.15) is 5.10 Å². The standard InChI is InChI=1S/C18H12Cl2N2O2/c19-15-8-4-7-14(17(15)20)16-10-9-13(24-16)11-21-22-18(23)12-5-2-1-3-6-12/h1-11H,(H,22,23)/b21-11-. The van der Waals surface area contributed by atoms with Gasteiger partial charge in [-0.15, -0.1) is 0 Å². The smallest absolute Gasteiger partial charge is 0.271 e. The summed E-state index contributed by atoms with van der Waals surface area (Å²) in [6.45, 7) is 0. The first-order valence-electron chi connectivity index (χ1n) is 7.08. The molecule has 0 radical (unpaired) electrons. The first kappa shape index (κ1) is 16.3. The van der Waals surface area contributed by atoms with E-state index in [0.717, 1.165) is 0 Å². The quantitative estimate of drug-likeness (QED) is 0.525. The third-order valence-corrected chi connectivity index (χ3v) is 4.06. The molecule has 6 heteroatoms. The molecule has 1 N–H and O–H groups in total. The summed E-state index contributed by atoms with van der Waals surface area (Å²) in [6.07, 6.45) is 1.42. The van der Waals surface area contributed by atoms with Crippen LogP contribution in [0.15, 0.2) is 70.2 Å². The molecule has 0 aliphatic heterocycles. The van der Waals surface area contributed by atoms with Crippen molar-refractivity contribution in [2.45, 2.75) is 0 Å². The third-order valence-electron chi connectivity index (χ3n) is 3.24. The number of hydrogen-bond donors (Lipinski definition) is 1. The molecular weight excluding hydrogens is 347 g/mol. The molecule has 0 unspecified atom stereocenters. The fourth-order valence-electron chi connectivity index (χ4n) is 2.07. The van der Waals surface area contributed by atoms with Gasteiger partial charge in [-0.3, -0.25) is 4.79 Å². The molecule has 0 saturated heterocycles. The van der Waals surface area contributed by atoms with Crippen molar-refractivity contribution < 1.29 is 9.21 Å². The minimum atomic E-state index is -0.295. The Kier molecular flexibility index (Phi) is 4.99. The van der Waals surface area contributed by atoms with Crippen molar-refractivity contribution in [2.24, 2.45) is 5.10 Å². The number of carbonyl (C=O) groups is 1. The van der Waals surface area contributed by atoms with Gasteiger partial charge in [0.2, 0.25) is 0 Å². The van der Waals surface area contributed by atoms with E-state index >= 15 is 0 Å². The number of hydrazone groups is 1. The summed E-state index contributed by atoms with van der Waals surface area (Å²) in [4.78, 5) is 11.9. The number of benzene rings is 2. The van der Waals surface area contributed by atoms with E-state index in [2.05, 4.69) is 10.5 Å². The van der Waals surface area contributed by atoms with Crippen molar-refractivity contribution in [3.63, 3.8) is 0 Å². The number of amides is 1. The number of nitrogens with zero attached hydrogens (tertiary/aromatic N) is 1. The molecule has 0 bridgehead atoms. The van der Waals surface area contributed by atoms with Gasteiger partial charge in [0.1, 0.15) is 11.5 Å². The number of nitrogens with one attached hydrogen (secondary N) is 1. The highest BCUT2D eigenvalue weighted by Crippen LogP contribution is 2.34. The molecule has 4 nitrogen and oxygen atoms in total. The normalized spacial score (nSPS) is 10.9. The third kappa shape index (κ3) is 3.67. The Morgan fingerprint density at radius 1 is 1.00 bits per heavy atom. The van der Waals surface area contributed by atoms with Crippen LogP contribution >= 0.6 is 23.2 Å². The summed E-state index contributed by atoms with van der Waals surface area (Å²) >= 11 is 12.2. The lowest BCUT2D eigenvalue weighted by Gasteiger charge is -2.01. The van der Waals surface area contributed by atoms with E-state index in [-0.39, 0.29) is 5.91 Å². The van der Waals surface area contributed by atoms with Crippen LogP contribution in [-0.2, 0) is 0 Å². The molecule has 0 aliphatic carbocycles. The predicted molar refractivity (Wildman–Crippen MR) is 95.7 cm³/mol. The van der Waals surface area contributed by atoms with E-state index < -0.39 is 0 Å². The van der Waals surface area contributed by atoms with Crippen LogP contribution in [0.5, 0.6) is 0 Å². The Morgan fingerprint density at radius 2 is 1.79 bits per heavy atom. The van der Waals surface area contributed by atoms with Crippen LogP contribution in [0.3, 0.4) is 0 Å². The first-order chi connectivity index (χ1) is 11.6. The highest BCUT2D eigenvalue weighted by molar-refractivity contribution is 6.43. The van der Waals surface area contributed by atoms with Crippen LogP contribution in [0.2, 0.25) is 10.0 Å². The maximum Gasteiger partial charge on any atom is 0.271 e. The van der Waals surface area contributed by atoms with Crippen molar-refractivity contribution in [2.75, 3.05) is 0 Å². The molecule has 24 heavy (non-hydrogen) atoms. The maximum absolute atomic E-state index is 11.9. The van der Waals surface area contributed by atoms with E-state index in [1.807, 2.05) is 12.1 Å². The first-order valence-corrected chi connectivity index (χ1v) is 7.83. The zero-order valence-corrected chi connectivity index (χ0v) is 13.9. The van der Waals surface area contributed by atoms with Gasteiger partial charge in [0, 0.05) is 11.1 Å². The van der Waals surface area contributed by atoms with Crippen LogP contribution in [0, 0.1) is 0 Å². The number of furan rings is 1. The van der Waals surface area contributed by atoms with Crippen molar-refractivity contribution >= 4 is 35.3 Å². The topological polar surface area (TPSA) is 54.6 Å². The zero-order chi connectivity index (χ0) is 16.9. The highest BCUT2D eigenvalue weighted by atomic mass is 35.5. The molecule has 1 aromatic heterocycles. The van der Waals surface area contributed by atoms with Crippen LogP contribution < -0.4 is 5.43 Å². The van der Waals surface area contributed by atoms with Crippen LogP contribution in [0.25, 0.3) is 11.3 Å². The van der Waals surface area contributed by atoms with E-state index in [1.54, 1.807) is 48.5 Å². The van der Waals surface area contributed by atoms with Crippen molar-refractivity contribution in [3.8, 4) is 11.3 Å². The molecule has 2 aromatic carbocycles. The molecule has 0 spiro atoms. The second-order valence-electron chi connectivity index (χ2n) is 4.87. The molecule has 3 rings (SSSR count). The minimum absolute atomic E-state index is 0.295. The molecule has 0 saturated carbocycles. The maximum atomic E-state index is 11.9. The fraction of sp³-hybridized carbons (Fsp3) is 0. The van der Waals surface area contributed by atoms with E-state index in [4.69, 9.17) is 27.6 Å².